The van der Waals surface area contributed by atoms with Gasteiger partial charge in [-0.05, 0) is 38.8 Å². The van der Waals surface area contributed by atoms with Gasteiger partial charge in [-0.2, -0.15) is 5.10 Å². The third-order valence-corrected chi connectivity index (χ3v) is 4.36. The number of carbonyl (C=O) groups is 2. The Morgan fingerprint density at radius 1 is 1.22 bits per heavy atom. The number of aromatic nitrogens is 2. The van der Waals surface area contributed by atoms with Crippen LogP contribution in [0.1, 0.15) is 31.9 Å². The van der Waals surface area contributed by atoms with E-state index in [2.05, 4.69) is 5.10 Å². The molecule has 6 nitrogen and oxygen atoms in total. The number of benzene rings is 1. The standard InChI is InChI=1S/C20H26FN3O3/c1-4-23(5-2)19(25)17(20(26)27-6-3)11-15-12-22-24(13-15)14-16-9-7-8-10-18(16)21/h7-10,12-13,17H,4-6,11,14H2,1-3H3. The lowest BCUT2D eigenvalue weighted by molar-refractivity contribution is -0.155. The molecule has 146 valence electrons. The summed E-state index contributed by atoms with van der Waals surface area (Å²) >= 11 is 0. The average molecular weight is 375 g/mol. The highest BCUT2D eigenvalue weighted by Crippen LogP contribution is 2.15. The van der Waals surface area contributed by atoms with Gasteiger partial charge < -0.3 is 9.64 Å². The number of halogens is 1. The van der Waals surface area contributed by atoms with Crippen LogP contribution in [-0.4, -0.2) is 46.3 Å². The lowest BCUT2D eigenvalue weighted by Crippen LogP contribution is -2.41. The summed E-state index contributed by atoms with van der Waals surface area (Å²) in [4.78, 5) is 26.7. The van der Waals surface area contributed by atoms with E-state index in [1.54, 1.807) is 47.1 Å². The second-order valence-corrected chi connectivity index (χ2v) is 6.16. The SMILES string of the molecule is CCOC(=O)C(Cc1cnn(Cc2ccccc2F)c1)C(=O)N(CC)CC. The summed E-state index contributed by atoms with van der Waals surface area (Å²) in [6, 6.07) is 6.50. The van der Waals surface area contributed by atoms with Gasteiger partial charge in [0.15, 0.2) is 0 Å². The van der Waals surface area contributed by atoms with Crippen molar-refractivity contribution >= 4 is 11.9 Å². The normalized spacial score (nSPS) is 11.9. The minimum absolute atomic E-state index is 0.200. The Hall–Kier alpha value is -2.70. The molecule has 0 bridgehead atoms. The number of rotatable bonds is 9. The highest BCUT2D eigenvalue weighted by atomic mass is 19.1. The first-order chi connectivity index (χ1) is 13.0. The summed E-state index contributed by atoms with van der Waals surface area (Å²) < 4.78 is 20.5. The molecule has 1 amide bonds. The molecule has 1 heterocycles. The van der Waals surface area contributed by atoms with Gasteiger partial charge in [0, 0.05) is 24.8 Å². The predicted molar refractivity (Wildman–Crippen MR) is 99.5 cm³/mol. The van der Waals surface area contributed by atoms with E-state index in [0.29, 0.717) is 18.7 Å². The molecule has 0 aliphatic heterocycles. The maximum atomic E-state index is 13.8. The number of nitrogens with zero attached hydrogens (tertiary/aromatic N) is 3. The Bertz CT molecular complexity index is 771. The van der Waals surface area contributed by atoms with Gasteiger partial charge in [0.05, 0.1) is 19.3 Å². The van der Waals surface area contributed by atoms with E-state index in [4.69, 9.17) is 4.74 Å². The van der Waals surface area contributed by atoms with Crippen molar-refractivity contribution in [3.05, 3.63) is 53.6 Å². The van der Waals surface area contributed by atoms with E-state index < -0.39 is 11.9 Å². The first-order valence-corrected chi connectivity index (χ1v) is 9.20. The number of amides is 1. The summed E-state index contributed by atoms with van der Waals surface area (Å²) in [6.45, 7) is 7.00. The molecular weight excluding hydrogens is 349 g/mol. The van der Waals surface area contributed by atoms with Gasteiger partial charge in [-0.1, -0.05) is 18.2 Å². The van der Waals surface area contributed by atoms with Gasteiger partial charge in [-0.3, -0.25) is 14.3 Å². The summed E-state index contributed by atoms with van der Waals surface area (Å²) in [5, 5.41) is 4.23. The zero-order chi connectivity index (χ0) is 19.8. The van der Waals surface area contributed by atoms with E-state index in [1.165, 1.54) is 6.07 Å². The average Bonchev–Trinajstić information content (AvgIpc) is 3.10. The van der Waals surface area contributed by atoms with Crippen molar-refractivity contribution in [2.45, 2.75) is 33.7 Å². The van der Waals surface area contributed by atoms with Gasteiger partial charge in [-0.25, -0.2) is 4.39 Å². The Labute approximate surface area is 158 Å². The molecule has 0 saturated carbocycles. The fraction of sp³-hybridized carbons (Fsp3) is 0.450. The lowest BCUT2D eigenvalue weighted by Gasteiger charge is -2.23. The first kappa shape index (κ1) is 20.6. The fourth-order valence-electron chi connectivity index (χ4n) is 2.91. The molecule has 0 aliphatic rings. The van der Waals surface area contributed by atoms with Crippen molar-refractivity contribution in [1.29, 1.82) is 0 Å². The van der Waals surface area contributed by atoms with Crippen LogP contribution in [0.15, 0.2) is 36.7 Å². The van der Waals surface area contributed by atoms with Crippen molar-refractivity contribution in [3.63, 3.8) is 0 Å². The highest BCUT2D eigenvalue weighted by Gasteiger charge is 2.31. The van der Waals surface area contributed by atoms with Crippen LogP contribution < -0.4 is 0 Å². The largest absolute Gasteiger partial charge is 0.465 e. The third kappa shape index (κ3) is 5.39. The first-order valence-electron chi connectivity index (χ1n) is 9.20. The van der Waals surface area contributed by atoms with Crippen LogP contribution in [0.4, 0.5) is 4.39 Å². The van der Waals surface area contributed by atoms with Gasteiger partial charge in [0.1, 0.15) is 11.7 Å². The minimum atomic E-state index is -0.907. The Balaban J connectivity index is 2.15. The Kier molecular flexibility index (Phi) is 7.52. The topological polar surface area (TPSA) is 64.4 Å². The second-order valence-electron chi connectivity index (χ2n) is 6.16. The van der Waals surface area contributed by atoms with Crippen molar-refractivity contribution in [3.8, 4) is 0 Å². The molecule has 1 atom stereocenters. The number of hydrogen-bond donors (Lipinski definition) is 0. The molecule has 2 rings (SSSR count). The predicted octanol–water partition coefficient (Wildman–Crippen LogP) is 2.66. The molecule has 27 heavy (non-hydrogen) atoms. The number of carbonyl (C=O) groups excluding carboxylic acids is 2. The Morgan fingerprint density at radius 3 is 2.56 bits per heavy atom. The molecule has 0 radical (unpaired) electrons. The third-order valence-electron chi connectivity index (χ3n) is 4.36. The molecular formula is C20H26FN3O3. The molecule has 7 heteroatoms. The van der Waals surface area contributed by atoms with Crippen LogP contribution >= 0.6 is 0 Å². The van der Waals surface area contributed by atoms with E-state index in [-0.39, 0.29) is 31.3 Å². The van der Waals surface area contributed by atoms with Crippen molar-refractivity contribution in [2.24, 2.45) is 5.92 Å². The minimum Gasteiger partial charge on any atom is -0.465 e. The molecule has 2 aromatic rings. The maximum Gasteiger partial charge on any atom is 0.318 e. The summed E-state index contributed by atoms with van der Waals surface area (Å²) in [6.07, 6.45) is 3.53. The van der Waals surface area contributed by atoms with Crippen molar-refractivity contribution in [1.82, 2.24) is 14.7 Å². The number of esters is 1. The molecule has 0 saturated heterocycles. The molecule has 1 aromatic carbocycles. The van der Waals surface area contributed by atoms with Gasteiger partial charge in [-0.15, -0.1) is 0 Å². The maximum absolute atomic E-state index is 13.8. The Morgan fingerprint density at radius 2 is 1.93 bits per heavy atom. The zero-order valence-corrected chi connectivity index (χ0v) is 16.0. The fourth-order valence-corrected chi connectivity index (χ4v) is 2.91. The van der Waals surface area contributed by atoms with E-state index in [9.17, 15) is 14.0 Å². The van der Waals surface area contributed by atoms with Crippen LogP contribution in [0, 0.1) is 11.7 Å². The van der Waals surface area contributed by atoms with Gasteiger partial charge in [0.25, 0.3) is 0 Å². The van der Waals surface area contributed by atoms with Crippen molar-refractivity contribution in [2.75, 3.05) is 19.7 Å². The molecule has 0 spiro atoms. The van der Waals surface area contributed by atoms with E-state index in [0.717, 1.165) is 5.56 Å². The van der Waals surface area contributed by atoms with Crippen LogP contribution in [-0.2, 0) is 27.3 Å². The lowest BCUT2D eigenvalue weighted by atomic mass is 10.00. The van der Waals surface area contributed by atoms with Crippen LogP contribution in [0.5, 0.6) is 0 Å². The van der Waals surface area contributed by atoms with Crippen LogP contribution in [0.25, 0.3) is 0 Å². The summed E-state index contributed by atoms with van der Waals surface area (Å²) in [7, 11) is 0. The van der Waals surface area contributed by atoms with E-state index in [1.807, 2.05) is 13.8 Å². The smallest absolute Gasteiger partial charge is 0.318 e. The van der Waals surface area contributed by atoms with Crippen LogP contribution in [0.2, 0.25) is 0 Å². The quantitative estimate of drug-likeness (QED) is 0.499. The zero-order valence-electron chi connectivity index (χ0n) is 16.0. The summed E-state index contributed by atoms with van der Waals surface area (Å²) in [5.41, 5.74) is 1.25. The highest BCUT2D eigenvalue weighted by molar-refractivity contribution is 5.98. The van der Waals surface area contributed by atoms with Gasteiger partial charge >= 0.3 is 5.97 Å². The molecule has 1 aromatic heterocycles. The van der Waals surface area contributed by atoms with Gasteiger partial charge in [0.2, 0.25) is 5.91 Å². The summed E-state index contributed by atoms with van der Waals surface area (Å²) in [5.74, 6) is -1.98. The number of ether oxygens (including phenoxy) is 1. The number of hydrogen-bond acceptors (Lipinski definition) is 4. The molecule has 1 unspecified atom stereocenters. The van der Waals surface area contributed by atoms with Crippen LogP contribution in [0.3, 0.4) is 0 Å². The monoisotopic (exact) mass is 375 g/mol. The molecule has 0 N–H and O–H groups in total. The van der Waals surface area contributed by atoms with E-state index >= 15 is 0 Å². The molecule has 0 fully saturated rings. The van der Waals surface area contributed by atoms with Crippen molar-refractivity contribution < 1.29 is 18.7 Å². The molecule has 0 aliphatic carbocycles. The second kappa shape index (κ2) is 9.85.